The van der Waals surface area contributed by atoms with Crippen molar-refractivity contribution in [3.63, 3.8) is 0 Å². The second-order valence-corrected chi connectivity index (χ2v) is 4.22. The Morgan fingerprint density at radius 2 is 1.95 bits per heavy atom. The number of anilines is 1. The van der Waals surface area contributed by atoms with Gasteiger partial charge in [0.1, 0.15) is 11.6 Å². The van der Waals surface area contributed by atoms with Crippen molar-refractivity contribution >= 4 is 5.69 Å². The highest BCUT2D eigenvalue weighted by Crippen LogP contribution is 2.29. The number of hydrogen-bond donors (Lipinski definition) is 1. The van der Waals surface area contributed by atoms with Gasteiger partial charge >= 0.3 is 0 Å². The summed E-state index contributed by atoms with van der Waals surface area (Å²) in [4.78, 5) is 0. The van der Waals surface area contributed by atoms with Crippen LogP contribution in [0, 0.1) is 24.1 Å². The summed E-state index contributed by atoms with van der Waals surface area (Å²) in [5.41, 5.74) is 7.35. The molecule has 2 rings (SSSR count). The van der Waals surface area contributed by atoms with Gasteiger partial charge in [-0.15, -0.1) is 0 Å². The van der Waals surface area contributed by atoms with E-state index in [4.69, 9.17) is 15.7 Å². The summed E-state index contributed by atoms with van der Waals surface area (Å²) >= 11 is 0. The molecule has 0 saturated heterocycles. The third kappa shape index (κ3) is 3.02. The normalized spacial score (nSPS) is 9.95. The molecule has 2 N–H and O–H groups in total. The number of nitrogens with two attached hydrogens (primary N) is 1. The Balaban J connectivity index is 2.22. The first-order valence-electron chi connectivity index (χ1n) is 5.79. The Morgan fingerprint density at radius 3 is 2.58 bits per heavy atom. The van der Waals surface area contributed by atoms with Crippen LogP contribution in [-0.2, 0) is 6.42 Å². The molecule has 2 aromatic rings. The lowest BCUT2D eigenvalue weighted by atomic mass is 10.1. The van der Waals surface area contributed by atoms with E-state index in [0.29, 0.717) is 23.5 Å². The van der Waals surface area contributed by atoms with E-state index >= 15 is 0 Å². The zero-order valence-corrected chi connectivity index (χ0v) is 10.5. The molecule has 0 bridgehead atoms. The van der Waals surface area contributed by atoms with E-state index in [1.807, 2.05) is 12.1 Å². The number of hydrogen-bond acceptors (Lipinski definition) is 3. The Morgan fingerprint density at radius 1 is 1.26 bits per heavy atom. The molecule has 0 atom stereocenters. The quantitative estimate of drug-likeness (QED) is 0.854. The van der Waals surface area contributed by atoms with E-state index < -0.39 is 0 Å². The molecule has 0 heterocycles. The van der Waals surface area contributed by atoms with Gasteiger partial charge in [-0.1, -0.05) is 12.1 Å². The molecule has 0 amide bonds. The first-order chi connectivity index (χ1) is 9.10. The van der Waals surface area contributed by atoms with Crippen molar-refractivity contribution < 1.29 is 9.13 Å². The molecular weight excluding hydrogens is 243 g/mol. The van der Waals surface area contributed by atoms with Gasteiger partial charge in [-0.05, 0) is 36.2 Å². The van der Waals surface area contributed by atoms with Crippen LogP contribution >= 0.6 is 0 Å². The Kier molecular flexibility index (Phi) is 3.67. The number of benzene rings is 2. The van der Waals surface area contributed by atoms with Crippen molar-refractivity contribution in [3.05, 3.63) is 53.3 Å². The number of aryl methyl sites for hydroxylation is 1. The minimum Gasteiger partial charge on any atom is -0.455 e. The van der Waals surface area contributed by atoms with E-state index in [2.05, 4.69) is 6.07 Å². The molecule has 0 fully saturated rings. The van der Waals surface area contributed by atoms with Gasteiger partial charge in [-0.3, -0.25) is 0 Å². The number of rotatable bonds is 3. The minimum atomic E-state index is -0.353. The molecular formula is C15H13FN2O. The molecule has 0 radical (unpaired) electrons. The standard InChI is InChI=1S/C15H13FN2O/c1-10-8-15(14(18)9-13(10)16)19-12-4-2-11(3-5-12)6-7-17/h2-5,8-9H,6,18H2,1H3. The van der Waals surface area contributed by atoms with Crippen molar-refractivity contribution in [2.24, 2.45) is 0 Å². The third-order valence-electron chi connectivity index (χ3n) is 2.73. The van der Waals surface area contributed by atoms with Gasteiger partial charge in [0, 0.05) is 6.07 Å². The average Bonchev–Trinajstić information content (AvgIpc) is 2.38. The van der Waals surface area contributed by atoms with Crippen LogP contribution in [0.1, 0.15) is 11.1 Å². The average molecular weight is 256 g/mol. The van der Waals surface area contributed by atoms with Gasteiger partial charge in [-0.2, -0.15) is 5.26 Å². The van der Waals surface area contributed by atoms with Crippen LogP contribution in [0.15, 0.2) is 36.4 Å². The molecule has 0 saturated carbocycles. The maximum atomic E-state index is 13.3. The van der Waals surface area contributed by atoms with E-state index in [-0.39, 0.29) is 11.5 Å². The maximum absolute atomic E-state index is 13.3. The van der Waals surface area contributed by atoms with Crippen molar-refractivity contribution in [3.8, 4) is 17.6 Å². The van der Waals surface area contributed by atoms with Crippen LogP contribution in [0.25, 0.3) is 0 Å². The molecule has 0 spiro atoms. The van der Waals surface area contributed by atoms with E-state index in [9.17, 15) is 4.39 Å². The van der Waals surface area contributed by atoms with Gasteiger partial charge in [0.25, 0.3) is 0 Å². The molecule has 0 unspecified atom stereocenters. The summed E-state index contributed by atoms with van der Waals surface area (Å²) in [6.45, 7) is 1.65. The number of nitrogen functional groups attached to an aromatic ring is 1. The van der Waals surface area contributed by atoms with Crippen LogP contribution in [0.2, 0.25) is 0 Å². The van der Waals surface area contributed by atoms with Crippen LogP contribution < -0.4 is 10.5 Å². The summed E-state index contributed by atoms with van der Waals surface area (Å²) in [6, 6.07) is 12.0. The minimum absolute atomic E-state index is 0.254. The number of nitriles is 1. The van der Waals surface area contributed by atoms with Crippen molar-refractivity contribution in [1.29, 1.82) is 5.26 Å². The van der Waals surface area contributed by atoms with E-state index in [1.165, 1.54) is 6.07 Å². The molecule has 0 aromatic heterocycles. The van der Waals surface area contributed by atoms with Gasteiger partial charge in [0.05, 0.1) is 18.2 Å². The highest BCUT2D eigenvalue weighted by molar-refractivity contribution is 5.55. The number of halogens is 1. The summed E-state index contributed by atoms with van der Waals surface area (Å²) in [5.74, 6) is 0.667. The predicted molar refractivity (Wildman–Crippen MR) is 71.4 cm³/mol. The fraction of sp³-hybridized carbons (Fsp3) is 0.133. The number of nitrogens with zero attached hydrogens (tertiary/aromatic N) is 1. The van der Waals surface area contributed by atoms with Crippen LogP contribution in [-0.4, -0.2) is 0 Å². The lowest BCUT2D eigenvalue weighted by Crippen LogP contribution is -1.95. The second-order valence-electron chi connectivity index (χ2n) is 4.22. The smallest absolute Gasteiger partial charge is 0.150 e. The molecule has 0 aliphatic carbocycles. The Labute approximate surface area is 111 Å². The number of ether oxygens (including phenoxy) is 1. The Hall–Kier alpha value is -2.54. The summed E-state index contributed by atoms with van der Waals surface area (Å²) < 4.78 is 18.9. The van der Waals surface area contributed by atoms with Crippen LogP contribution in [0.4, 0.5) is 10.1 Å². The molecule has 0 aliphatic rings. The van der Waals surface area contributed by atoms with Crippen molar-refractivity contribution in [1.82, 2.24) is 0 Å². The van der Waals surface area contributed by atoms with Crippen molar-refractivity contribution in [2.45, 2.75) is 13.3 Å². The zero-order valence-electron chi connectivity index (χ0n) is 10.5. The van der Waals surface area contributed by atoms with Gasteiger partial charge < -0.3 is 10.5 Å². The largest absolute Gasteiger partial charge is 0.455 e. The topological polar surface area (TPSA) is 59.0 Å². The second kappa shape index (κ2) is 5.40. The monoisotopic (exact) mass is 256 g/mol. The van der Waals surface area contributed by atoms with Crippen molar-refractivity contribution in [2.75, 3.05) is 5.73 Å². The fourth-order valence-electron chi connectivity index (χ4n) is 1.65. The third-order valence-corrected chi connectivity index (χ3v) is 2.73. The fourth-order valence-corrected chi connectivity index (χ4v) is 1.65. The first kappa shape index (κ1) is 12.9. The highest BCUT2D eigenvalue weighted by Gasteiger charge is 2.07. The Bertz CT molecular complexity index is 630. The van der Waals surface area contributed by atoms with Crippen LogP contribution in [0.5, 0.6) is 11.5 Å². The highest BCUT2D eigenvalue weighted by atomic mass is 19.1. The van der Waals surface area contributed by atoms with E-state index in [1.54, 1.807) is 25.1 Å². The molecule has 4 heteroatoms. The SMILES string of the molecule is Cc1cc(Oc2ccc(CC#N)cc2)c(N)cc1F. The summed E-state index contributed by atoms with van der Waals surface area (Å²) in [5, 5.41) is 8.58. The summed E-state index contributed by atoms with van der Waals surface area (Å²) in [6.07, 6.45) is 0.359. The lowest BCUT2D eigenvalue weighted by molar-refractivity contribution is 0.482. The van der Waals surface area contributed by atoms with Gasteiger partial charge in [-0.25, -0.2) is 4.39 Å². The predicted octanol–water partition coefficient (Wildman–Crippen LogP) is 3.57. The van der Waals surface area contributed by atoms with Crippen LogP contribution in [0.3, 0.4) is 0 Å². The molecule has 96 valence electrons. The van der Waals surface area contributed by atoms with Gasteiger partial charge in [0.15, 0.2) is 5.75 Å². The zero-order chi connectivity index (χ0) is 13.8. The molecule has 2 aromatic carbocycles. The van der Waals surface area contributed by atoms with Gasteiger partial charge in [0.2, 0.25) is 0 Å². The molecule has 19 heavy (non-hydrogen) atoms. The van der Waals surface area contributed by atoms with E-state index in [0.717, 1.165) is 5.56 Å². The maximum Gasteiger partial charge on any atom is 0.150 e. The lowest BCUT2D eigenvalue weighted by Gasteiger charge is -2.10. The molecule has 3 nitrogen and oxygen atoms in total. The summed E-state index contributed by atoms with van der Waals surface area (Å²) in [7, 11) is 0. The first-order valence-corrected chi connectivity index (χ1v) is 5.79. The molecule has 0 aliphatic heterocycles.